The fourth-order valence-corrected chi connectivity index (χ4v) is 1.61. The Kier molecular flexibility index (Phi) is 12.9. The van der Waals surface area contributed by atoms with Crippen LogP contribution >= 0.6 is 0 Å². The van der Waals surface area contributed by atoms with Crippen LogP contribution in [0.4, 0.5) is 0 Å². The van der Waals surface area contributed by atoms with Crippen LogP contribution in [0.25, 0.3) is 0 Å². The molecule has 0 bridgehead atoms. The molecule has 0 rings (SSSR count). The highest BCUT2D eigenvalue weighted by Crippen LogP contribution is 2.00. The highest BCUT2D eigenvalue weighted by molar-refractivity contribution is 4.65. The van der Waals surface area contributed by atoms with E-state index < -0.39 is 0 Å². The van der Waals surface area contributed by atoms with Gasteiger partial charge in [0, 0.05) is 19.3 Å². The molecule has 3 heteroatoms. The van der Waals surface area contributed by atoms with Crippen molar-refractivity contribution in [3.63, 3.8) is 0 Å². The molecule has 0 spiro atoms. The van der Waals surface area contributed by atoms with E-state index in [0.717, 1.165) is 39.0 Å². The lowest BCUT2D eigenvalue weighted by Gasteiger charge is -2.17. The van der Waals surface area contributed by atoms with E-state index in [2.05, 4.69) is 19.2 Å². The molecular weight excluding hydrogens is 202 g/mol. The lowest BCUT2D eigenvalue weighted by molar-refractivity contribution is 0.0985. The highest BCUT2D eigenvalue weighted by atomic mass is 16.5. The van der Waals surface area contributed by atoms with E-state index in [0.29, 0.717) is 6.04 Å². The second-order valence-corrected chi connectivity index (χ2v) is 4.30. The predicted octanol–water partition coefficient (Wildman–Crippen LogP) is 2.33. The van der Waals surface area contributed by atoms with E-state index in [1.165, 1.54) is 19.3 Å². The molecule has 0 heterocycles. The van der Waals surface area contributed by atoms with Crippen molar-refractivity contribution in [1.82, 2.24) is 5.32 Å². The van der Waals surface area contributed by atoms with Gasteiger partial charge in [0.05, 0.1) is 6.61 Å². The van der Waals surface area contributed by atoms with Crippen molar-refractivity contribution in [2.24, 2.45) is 0 Å². The fourth-order valence-electron chi connectivity index (χ4n) is 1.61. The maximum absolute atomic E-state index is 8.91. The van der Waals surface area contributed by atoms with Crippen molar-refractivity contribution in [2.75, 3.05) is 26.4 Å². The molecule has 0 saturated carbocycles. The quantitative estimate of drug-likeness (QED) is 0.507. The van der Waals surface area contributed by atoms with E-state index in [4.69, 9.17) is 9.84 Å². The number of hydrogen-bond acceptors (Lipinski definition) is 3. The molecule has 0 aromatic carbocycles. The van der Waals surface area contributed by atoms with E-state index in [-0.39, 0.29) is 6.61 Å². The number of rotatable bonds is 12. The number of unbranched alkanes of at least 4 members (excludes halogenated alkanes) is 3. The standard InChI is InChI=1S/C13H29NO2/c1-3-5-6-7-11-16-12-13(8-10-15)14-9-4-2/h13-15H,3-12H2,1-2H3. The molecule has 0 aliphatic rings. The molecule has 0 amide bonds. The van der Waals surface area contributed by atoms with Crippen LogP contribution in [0.5, 0.6) is 0 Å². The summed E-state index contributed by atoms with van der Waals surface area (Å²) in [6, 6.07) is 0.316. The van der Waals surface area contributed by atoms with Crippen LogP contribution in [-0.4, -0.2) is 37.5 Å². The average molecular weight is 231 g/mol. The van der Waals surface area contributed by atoms with Crippen LogP contribution in [0, 0.1) is 0 Å². The summed E-state index contributed by atoms with van der Waals surface area (Å²) in [6.45, 7) is 7.19. The summed E-state index contributed by atoms with van der Waals surface area (Å²) in [4.78, 5) is 0. The van der Waals surface area contributed by atoms with E-state index in [9.17, 15) is 0 Å². The Bertz CT molecular complexity index is 131. The monoisotopic (exact) mass is 231 g/mol. The van der Waals surface area contributed by atoms with Crippen molar-refractivity contribution in [3.05, 3.63) is 0 Å². The van der Waals surface area contributed by atoms with Gasteiger partial charge in [0.1, 0.15) is 0 Å². The average Bonchev–Trinajstić information content (AvgIpc) is 2.30. The van der Waals surface area contributed by atoms with Gasteiger partial charge in [-0.2, -0.15) is 0 Å². The van der Waals surface area contributed by atoms with Gasteiger partial charge in [-0.3, -0.25) is 0 Å². The van der Waals surface area contributed by atoms with Gasteiger partial charge in [-0.25, -0.2) is 0 Å². The van der Waals surface area contributed by atoms with Gasteiger partial charge >= 0.3 is 0 Å². The molecule has 0 aliphatic heterocycles. The molecule has 1 atom stereocenters. The molecule has 2 N–H and O–H groups in total. The SMILES string of the molecule is CCCCCCOCC(CCO)NCCC. The van der Waals surface area contributed by atoms with Gasteiger partial charge in [0.15, 0.2) is 0 Å². The van der Waals surface area contributed by atoms with E-state index in [1.54, 1.807) is 0 Å². The second-order valence-electron chi connectivity index (χ2n) is 4.30. The first-order chi connectivity index (χ1) is 7.85. The van der Waals surface area contributed by atoms with Crippen LogP contribution in [0.3, 0.4) is 0 Å². The lowest BCUT2D eigenvalue weighted by Crippen LogP contribution is -2.35. The molecule has 1 unspecified atom stereocenters. The zero-order valence-corrected chi connectivity index (χ0v) is 11.0. The minimum Gasteiger partial charge on any atom is -0.396 e. The minimum absolute atomic E-state index is 0.237. The normalized spacial score (nSPS) is 12.9. The molecular formula is C13H29NO2. The summed E-state index contributed by atoms with van der Waals surface area (Å²) in [7, 11) is 0. The Balaban J connectivity index is 3.36. The fraction of sp³-hybridized carbons (Fsp3) is 1.00. The van der Waals surface area contributed by atoms with Crippen molar-refractivity contribution in [2.45, 2.75) is 58.4 Å². The van der Waals surface area contributed by atoms with Crippen LogP contribution in [-0.2, 0) is 4.74 Å². The smallest absolute Gasteiger partial charge is 0.0620 e. The van der Waals surface area contributed by atoms with Gasteiger partial charge in [0.2, 0.25) is 0 Å². The number of aliphatic hydroxyl groups is 1. The minimum atomic E-state index is 0.237. The molecule has 0 aromatic heterocycles. The van der Waals surface area contributed by atoms with Crippen molar-refractivity contribution >= 4 is 0 Å². The van der Waals surface area contributed by atoms with Gasteiger partial charge < -0.3 is 15.2 Å². The summed E-state index contributed by atoms with van der Waals surface area (Å²) >= 11 is 0. The summed E-state index contributed by atoms with van der Waals surface area (Å²) < 4.78 is 5.62. The number of aliphatic hydroxyl groups excluding tert-OH is 1. The summed E-state index contributed by atoms with van der Waals surface area (Å²) in [6.07, 6.45) is 6.91. The predicted molar refractivity (Wildman–Crippen MR) is 68.7 cm³/mol. The van der Waals surface area contributed by atoms with Crippen molar-refractivity contribution < 1.29 is 9.84 Å². The summed E-state index contributed by atoms with van der Waals surface area (Å²) in [5.74, 6) is 0. The van der Waals surface area contributed by atoms with Gasteiger partial charge in [0.25, 0.3) is 0 Å². The largest absolute Gasteiger partial charge is 0.396 e. The van der Waals surface area contributed by atoms with Gasteiger partial charge in [-0.1, -0.05) is 33.1 Å². The molecule has 0 aliphatic carbocycles. The molecule has 0 radical (unpaired) electrons. The third-order valence-corrected chi connectivity index (χ3v) is 2.62. The molecule has 3 nitrogen and oxygen atoms in total. The topological polar surface area (TPSA) is 41.5 Å². The molecule has 98 valence electrons. The van der Waals surface area contributed by atoms with Crippen molar-refractivity contribution in [1.29, 1.82) is 0 Å². The zero-order valence-electron chi connectivity index (χ0n) is 11.0. The Morgan fingerprint density at radius 3 is 2.56 bits per heavy atom. The maximum atomic E-state index is 8.91. The van der Waals surface area contributed by atoms with E-state index >= 15 is 0 Å². The Morgan fingerprint density at radius 1 is 1.12 bits per heavy atom. The first kappa shape index (κ1) is 15.9. The molecule has 0 saturated heterocycles. The summed E-state index contributed by atoms with van der Waals surface area (Å²) in [5, 5.41) is 12.3. The maximum Gasteiger partial charge on any atom is 0.0620 e. The number of hydrogen-bond donors (Lipinski definition) is 2. The van der Waals surface area contributed by atoms with Crippen LogP contribution in [0.1, 0.15) is 52.4 Å². The molecule has 0 aromatic rings. The van der Waals surface area contributed by atoms with Crippen LogP contribution in [0.15, 0.2) is 0 Å². The van der Waals surface area contributed by atoms with Gasteiger partial charge in [-0.05, 0) is 25.8 Å². The number of ether oxygens (including phenoxy) is 1. The first-order valence-electron chi connectivity index (χ1n) is 6.77. The zero-order chi connectivity index (χ0) is 12.1. The van der Waals surface area contributed by atoms with Crippen molar-refractivity contribution in [3.8, 4) is 0 Å². The Labute approximate surface area is 101 Å². The molecule has 16 heavy (non-hydrogen) atoms. The number of nitrogens with one attached hydrogen (secondary N) is 1. The third kappa shape index (κ3) is 10.4. The van der Waals surface area contributed by atoms with Gasteiger partial charge in [-0.15, -0.1) is 0 Å². The second kappa shape index (κ2) is 12.9. The Morgan fingerprint density at radius 2 is 1.94 bits per heavy atom. The third-order valence-electron chi connectivity index (χ3n) is 2.62. The summed E-state index contributed by atoms with van der Waals surface area (Å²) in [5.41, 5.74) is 0. The highest BCUT2D eigenvalue weighted by Gasteiger charge is 2.06. The first-order valence-corrected chi connectivity index (χ1v) is 6.77. The molecule has 0 fully saturated rings. The Hall–Kier alpha value is -0.120. The van der Waals surface area contributed by atoms with E-state index in [1.807, 2.05) is 0 Å². The van der Waals surface area contributed by atoms with Crippen LogP contribution in [0.2, 0.25) is 0 Å². The van der Waals surface area contributed by atoms with Crippen LogP contribution < -0.4 is 5.32 Å². The lowest BCUT2D eigenvalue weighted by atomic mass is 10.2.